The van der Waals surface area contributed by atoms with Crippen molar-refractivity contribution in [2.24, 2.45) is 5.92 Å². The molecule has 1 amide bonds. The number of aromatic nitrogens is 2. The Morgan fingerprint density at radius 3 is 2.77 bits per heavy atom. The van der Waals surface area contributed by atoms with Crippen LogP contribution in [0.5, 0.6) is 0 Å². The van der Waals surface area contributed by atoms with Gasteiger partial charge in [0, 0.05) is 12.6 Å². The molecule has 2 heterocycles. The fourth-order valence-electron chi connectivity index (χ4n) is 2.90. The van der Waals surface area contributed by atoms with Gasteiger partial charge in [0.1, 0.15) is 5.82 Å². The van der Waals surface area contributed by atoms with Gasteiger partial charge < -0.3 is 10.6 Å². The maximum atomic E-state index is 12.9. The zero-order valence-electron chi connectivity index (χ0n) is 14.1. The van der Waals surface area contributed by atoms with Gasteiger partial charge in [-0.2, -0.15) is 18.3 Å². The fourth-order valence-corrected chi connectivity index (χ4v) is 2.90. The molecule has 1 aliphatic rings. The van der Waals surface area contributed by atoms with Gasteiger partial charge in [0.05, 0.1) is 22.9 Å². The van der Waals surface area contributed by atoms with E-state index in [4.69, 9.17) is 0 Å². The summed E-state index contributed by atoms with van der Waals surface area (Å²) in [5.41, 5.74) is 0.0985. The minimum Gasteiger partial charge on any atom is -0.316 e. The van der Waals surface area contributed by atoms with Crippen molar-refractivity contribution in [2.75, 3.05) is 18.4 Å². The van der Waals surface area contributed by atoms with Gasteiger partial charge in [0.25, 0.3) is 0 Å². The molecule has 2 aromatic rings. The molecule has 1 aliphatic heterocycles. The summed E-state index contributed by atoms with van der Waals surface area (Å²) < 4.78 is 40.1. The number of rotatable bonds is 3. The maximum Gasteiger partial charge on any atom is 0.416 e. The predicted octanol–water partition coefficient (Wildman–Crippen LogP) is 3.56. The van der Waals surface area contributed by atoms with Crippen molar-refractivity contribution in [2.45, 2.75) is 25.9 Å². The predicted molar refractivity (Wildman–Crippen MR) is 94.8 cm³/mol. The molecule has 142 valence electrons. The first-order valence-electron chi connectivity index (χ1n) is 8.10. The standard InChI is InChI=1S/C17H19F3N4O.ClH/c1-11-8-15(22-16(25)12-4-3-7-21-10-12)24(23-11)14-6-2-5-13(9-14)17(18,19)20;/h2,5-6,8-9,12,21H,3-4,7,10H2,1H3,(H,22,25);1H. The van der Waals surface area contributed by atoms with Crippen LogP contribution in [0.2, 0.25) is 0 Å². The minimum atomic E-state index is -4.44. The quantitative estimate of drug-likeness (QED) is 0.845. The number of anilines is 1. The smallest absolute Gasteiger partial charge is 0.316 e. The van der Waals surface area contributed by atoms with Crippen molar-refractivity contribution < 1.29 is 18.0 Å². The number of alkyl halides is 3. The number of hydrogen-bond donors (Lipinski definition) is 2. The first-order valence-corrected chi connectivity index (χ1v) is 8.10. The molecule has 0 aliphatic carbocycles. The number of amides is 1. The molecule has 1 aromatic carbocycles. The molecule has 1 fully saturated rings. The number of halogens is 4. The fraction of sp³-hybridized carbons (Fsp3) is 0.412. The zero-order valence-corrected chi connectivity index (χ0v) is 15.0. The SMILES string of the molecule is Cc1cc(NC(=O)C2CCCNC2)n(-c2cccc(C(F)(F)F)c2)n1.Cl. The van der Waals surface area contributed by atoms with Crippen LogP contribution in [-0.2, 0) is 11.0 Å². The van der Waals surface area contributed by atoms with Gasteiger partial charge >= 0.3 is 6.18 Å². The number of nitrogens with one attached hydrogen (secondary N) is 2. The molecule has 5 nitrogen and oxygen atoms in total. The van der Waals surface area contributed by atoms with E-state index in [-0.39, 0.29) is 29.9 Å². The Labute approximate surface area is 155 Å². The van der Waals surface area contributed by atoms with Crippen molar-refractivity contribution in [1.82, 2.24) is 15.1 Å². The van der Waals surface area contributed by atoms with E-state index in [9.17, 15) is 18.0 Å². The highest BCUT2D eigenvalue weighted by molar-refractivity contribution is 5.92. The summed E-state index contributed by atoms with van der Waals surface area (Å²) in [4.78, 5) is 12.4. The number of aryl methyl sites for hydroxylation is 1. The lowest BCUT2D eigenvalue weighted by molar-refractivity contribution is -0.137. The van der Waals surface area contributed by atoms with Crippen molar-refractivity contribution >= 4 is 24.1 Å². The zero-order chi connectivity index (χ0) is 18.0. The van der Waals surface area contributed by atoms with Crippen LogP contribution in [0.4, 0.5) is 19.0 Å². The van der Waals surface area contributed by atoms with E-state index in [1.807, 2.05) is 0 Å². The largest absolute Gasteiger partial charge is 0.416 e. The summed E-state index contributed by atoms with van der Waals surface area (Å²) >= 11 is 0. The number of nitrogens with zero attached hydrogens (tertiary/aromatic N) is 2. The monoisotopic (exact) mass is 388 g/mol. The normalized spacial score (nSPS) is 17.5. The Morgan fingerprint density at radius 2 is 2.12 bits per heavy atom. The van der Waals surface area contributed by atoms with Gasteiger partial charge in [-0.05, 0) is 44.5 Å². The van der Waals surface area contributed by atoms with E-state index >= 15 is 0 Å². The summed E-state index contributed by atoms with van der Waals surface area (Å²) in [5, 5.41) is 10.2. The topological polar surface area (TPSA) is 59.0 Å². The molecular formula is C17H20ClF3N4O. The highest BCUT2D eigenvalue weighted by Crippen LogP contribution is 2.31. The van der Waals surface area contributed by atoms with Crippen molar-refractivity contribution in [1.29, 1.82) is 0 Å². The molecule has 1 aromatic heterocycles. The highest BCUT2D eigenvalue weighted by Gasteiger charge is 2.31. The Kier molecular flexibility index (Phi) is 6.30. The lowest BCUT2D eigenvalue weighted by atomic mass is 9.99. The molecule has 0 saturated carbocycles. The van der Waals surface area contributed by atoms with Crippen LogP contribution < -0.4 is 10.6 Å². The maximum absolute atomic E-state index is 12.9. The lowest BCUT2D eigenvalue weighted by Gasteiger charge is -2.22. The third kappa shape index (κ3) is 4.56. The number of carbonyl (C=O) groups is 1. The molecule has 26 heavy (non-hydrogen) atoms. The summed E-state index contributed by atoms with van der Waals surface area (Å²) in [6.07, 6.45) is -2.73. The van der Waals surface area contributed by atoms with Crippen LogP contribution in [0.25, 0.3) is 5.69 Å². The van der Waals surface area contributed by atoms with E-state index in [1.54, 1.807) is 13.0 Å². The summed E-state index contributed by atoms with van der Waals surface area (Å²) in [6.45, 7) is 3.22. The Morgan fingerprint density at radius 1 is 1.35 bits per heavy atom. The number of benzene rings is 1. The second-order valence-electron chi connectivity index (χ2n) is 6.16. The Hall–Kier alpha value is -2.06. The van der Waals surface area contributed by atoms with Crippen LogP contribution in [0, 0.1) is 12.8 Å². The van der Waals surface area contributed by atoms with Gasteiger partial charge in [0.2, 0.25) is 5.91 Å². The first kappa shape index (κ1) is 20.3. The van der Waals surface area contributed by atoms with Gasteiger partial charge in [0.15, 0.2) is 0 Å². The molecule has 0 radical (unpaired) electrons. The lowest BCUT2D eigenvalue weighted by Crippen LogP contribution is -2.37. The molecular weight excluding hydrogens is 369 g/mol. The Bertz CT molecular complexity index is 770. The van der Waals surface area contributed by atoms with Crippen molar-refractivity contribution in [3.05, 3.63) is 41.6 Å². The Balaban J connectivity index is 0.00000243. The molecule has 1 atom stereocenters. The number of piperidine rings is 1. The van der Waals surface area contributed by atoms with Crippen LogP contribution >= 0.6 is 12.4 Å². The molecule has 1 unspecified atom stereocenters. The van der Waals surface area contributed by atoms with Gasteiger partial charge in [-0.25, -0.2) is 4.68 Å². The minimum absolute atomic E-state index is 0. The van der Waals surface area contributed by atoms with Crippen LogP contribution in [0.1, 0.15) is 24.1 Å². The van der Waals surface area contributed by atoms with Gasteiger partial charge in [-0.3, -0.25) is 4.79 Å². The highest BCUT2D eigenvalue weighted by atomic mass is 35.5. The molecule has 1 saturated heterocycles. The molecule has 0 bridgehead atoms. The summed E-state index contributed by atoms with van der Waals surface area (Å²) in [7, 11) is 0. The van der Waals surface area contributed by atoms with E-state index in [0.717, 1.165) is 31.5 Å². The summed E-state index contributed by atoms with van der Waals surface area (Å²) in [6, 6.07) is 6.52. The molecule has 3 rings (SSSR count). The van der Waals surface area contributed by atoms with Crippen molar-refractivity contribution in [3.63, 3.8) is 0 Å². The average Bonchev–Trinajstić information content (AvgIpc) is 2.95. The number of hydrogen-bond acceptors (Lipinski definition) is 3. The molecule has 2 N–H and O–H groups in total. The van der Waals surface area contributed by atoms with Gasteiger partial charge in [-0.15, -0.1) is 12.4 Å². The van der Waals surface area contributed by atoms with Crippen molar-refractivity contribution in [3.8, 4) is 5.69 Å². The first-order chi connectivity index (χ1) is 11.8. The third-order valence-electron chi connectivity index (χ3n) is 4.17. The second kappa shape index (κ2) is 8.09. The summed E-state index contributed by atoms with van der Waals surface area (Å²) in [5.74, 6) is 0.0617. The van der Waals surface area contributed by atoms with E-state index in [2.05, 4.69) is 15.7 Å². The third-order valence-corrected chi connectivity index (χ3v) is 4.17. The average molecular weight is 389 g/mol. The second-order valence-corrected chi connectivity index (χ2v) is 6.16. The van der Waals surface area contributed by atoms with Crippen LogP contribution in [0.15, 0.2) is 30.3 Å². The molecule has 9 heteroatoms. The van der Waals surface area contributed by atoms with E-state index in [1.165, 1.54) is 16.8 Å². The number of carbonyl (C=O) groups excluding carboxylic acids is 1. The van der Waals surface area contributed by atoms with E-state index < -0.39 is 11.7 Å². The van der Waals surface area contributed by atoms with Crippen LogP contribution in [-0.4, -0.2) is 28.8 Å². The molecule has 0 spiro atoms. The van der Waals surface area contributed by atoms with Crippen LogP contribution in [0.3, 0.4) is 0 Å². The van der Waals surface area contributed by atoms with E-state index in [0.29, 0.717) is 18.1 Å². The van der Waals surface area contributed by atoms with Gasteiger partial charge in [-0.1, -0.05) is 6.07 Å².